The van der Waals surface area contributed by atoms with E-state index in [1.165, 1.54) is 18.2 Å². The Hall–Kier alpha value is -2.95. The van der Waals surface area contributed by atoms with Crippen LogP contribution in [-0.2, 0) is 13.1 Å². The highest BCUT2D eigenvalue weighted by atomic mass is 19.1. The molecule has 0 saturated heterocycles. The van der Waals surface area contributed by atoms with Crippen LogP contribution in [0, 0.1) is 5.82 Å². The second kappa shape index (κ2) is 6.87. The van der Waals surface area contributed by atoms with Gasteiger partial charge in [0.25, 0.3) is 5.91 Å². The van der Waals surface area contributed by atoms with E-state index < -0.39 is 5.82 Å². The van der Waals surface area contributed by atoms with E-state index in [1.807, 2.05) is 18.2 Å². The first-order valence-electron chi connectivity index (χ1n) is 7.19. The van der Waals surface area contributed by atoms with Crippen LogP contribution in [0.25, 0.3) is 0 Å². The van der Waals surface area contributed by atoms with E-state index in [0.717, 1.165) is 5.69 Å². The third kappa shape index (κ3) is 3.83. The van der Waals surface area contributed by atoms with Gasteiger partial charge in [-0.25, -0.2) is 4.39 Å². The third-order valence-electron chi connectivity index (χ3n) is 3.36. The molecule has 5 heteroatoms. The van der Waals surface area contributed by atoms with E-state index in [9.17, 15) is 9.18 Å². The number of aromatic nitrogens is 1. The zero-order valence-corrected chi connectivity index (χ0v) is 12.4. The van der Waals surface area contributed by atoms with Crippen molar-refractivity contribution in [3.8, 4) is 0 Å². The molecule has 0 atom stereocenters. The molecule has 0 N–H and O–H groups in total. The standard InChI is InChI=1S/C18H15FN2O2/c19-15-6-3-5-14(11-15)18(22)21(13-17-8-4-10-23-17)12-16-7-1-2-9-20-16/h1-11H,12-13H2. The van der Waals surface area contributed by atoms with Crippen LogP contribution in [0.4, 0.5) is 4.39 Å². The molecule has 3 rings (SSSR count). The molecular weight excluding hydrogens is 295 g/mol. The van der Waals surface area contributed by atoms with Gasteiger partial charge in [0.05, 0.1) is 25.0 Å². The second-order valence-corrected chi connectivity index (χ2v) is 5.07. The number of carbonyl (C=O) groups excluding carboxylic acids is 1. The molecule has 0 bridgehead atoms. The smallest absolute Gasteiger partial charge is 0.254 e. The summed E-state index contributed by atoms with van der Waals surface area (Å²) >= 11 is 0. The van der Waals surface area contributed by atoms with Crippen molar-refractivity contribution in [2.45, 2.75) is 13.1 Å². The minimum absolute atomic E-state index is 0.272. The molecule has 3 aromatic rings. The number of nitrogens with zero attached hydrogens (tertiary/aromatic N) is 2. The van der Waals surface area contributed by atoms with Crippen LogP contribution in [-0.4, -0.2) is 15.8 Å². The summed E-state index contributed by atoms with van der Waals surface area (Å²) in [6.07, 6.45) is 3.23. The van der Waals surface area contributed by atoms with Crippen LogP contribution in [0.1, 0.15) is 21.8 Å². The first kappa shape index (κ1) is 15.0. The van der Waals surface area contributed by atoms with Crippen molar-refractivity contribution < 1.29 is 13.6 Å². The summed E-state index contributed by atoms with van der Waals surface area (Å²) in [5, 5.41) is 0. The number of pyridine rings is 1. The molecule has 1 amide bonds. The Morgan fingerprint density at radius 2 is 2.00 bits per heavy atom. The third-order valence-corrected chi connectivity index (χ3v) is 3.36. The number of hydrogen-bond acceptors (Lipinski definition) is 3. The van der Waals surface area contributed by atoms with Crippen molar-refractivity contribution in [2.24, 2.45) is 0 Å². The Labute approximate surface area is 133 Å². The maximum Gasteiger partial charge on any atom is 0.254 e. The highest BCUT2D eigenvalue weighted by molar-refractivity contribution is 5.94. The van der Waals surface area contributed by atoms with E-state index in [0.29, 0.717) is 24.4 Å². The van der Waals surface area contributed by atoms with Gasteiger partial charge in [0, 0.05) is 11.8 Å². The van der Waals surface area contributed by atoms with Gasteiger partial charge in [-0.1, -0.05) is 12.1 Å². The van der Waals surface area contributed by atoms with Crippen molar-refractivity contribution in [3.63, 3.8) is 0 Å². The van der Waals surface area contributed by atoms with Crippen LogP contribution < -0.4 is 0 Å². The molecule has 116 valence electrons. The molecule has 0 aliphatic rings. The van der Waals surface area contributed by atoms with Crippen molar-refractivity contribution in [1.29, 1.82) is 0 Å². The zero-order chi connectivity index (χ0) is 16.1. The van der Waals surface area contributed by atoms with Crippen LogP contribution in [0.15, 0.2) is 71.5 Å². The second-order valence-electron chi connectivity index (χ2n) is 5.07. The molecule has 2 heterocycles. The summed E-state index contributed by atoms with van der Waals surface area (Å²) in [5.74, 6) is -0.0520. The summed E-state index contributed by atoms with van der Waals surface area (Å²) in [4.78, 5) is 18.5. The summed E-state index contributed by atoms with van der Waals surface area (Å²) in [7, 11) is 0. The fourth-order valence-electron chi connectivity index (χ4n) is 2.28. The first-order chi connectivity index (χ1) is 11.2. The first-order valence-corrected chi connectivity index (χ1v) is 7.19. The van der Waals surface area contributed by atoms with Gasteiger partial charge in [0.2, 0.25) is 0 Å². The molecule has 2 aromatic heterocycles. The fourth-order valence-corrected chi connectivity index (χ4v) is 2.28. The molecule has 0 spiro atoms. The van der Waals surface area contributed by atoms with Gasteiger partial charge in [-0.15, -0.1) is 0 Å². The van der Waals surface area contributed by atoms with Gasteiger partial charge < -0.3 is 9.32 Å². The fraction of sp³-hybridized carbons (Fsp3) is 0.111. The number of hydrogen-bond donors (Lipinski definition) is 0. The molecule has 0 aliphatic heterocycles. The van der Waals surface area contributed by atoms with Gasteiger partial charge in [-0.2, -0.15) is 0 Å². The number of amides is 1. The van der Waals surface area contributed by atoms with Gasteiger partial charge in [-0.05, 0) is 42.5 Å². The molecule has 0 saturated carbocycles. The molecule has 23 heavy (non-hydrogen) atoms. The molecule has 0 fully saturated rings. The summed E-state index contributed by atoms with van der Waals surface area (Å²) in [6, 6.07) is 14.7. The molecular formula is C18H15FN2O2. The number of furan rings is 1. The minimum atomic E-state index is -0.438. The lowest BCUT2D eigenvalue weighted by Gasteiger charge is -2.21. The molecule has 1 aromatic carbocycles. The summed E-state index contributed by atoms with van der Waals surface area (Å²) in [5.41, 5.74) is 1.05. The van der Waals surface area contributed by atoms with Gasteiger partial charge in [0.1, 0.15) is 11.6 Å². The minimum Gasteiger partial charge on any atom is -0.467 e. The van der Waals surface area contributed by atoms with Crippen LogP contribution >= 0.6 is 0 Å². The lowest BCUT2D eigenvalue weighted by molar-refractivity contribution is 0.0715. The highest BCUT2D eigenvalue weighted by Crippen LogP contribution is 2.14. The molecule has 4 nitrogen and oxygen atoms in total. The summed E-state index contributed by atoms with van der Waals surface area (Å²) in [6.45, 7) is 0.607. The monoisotopic (exact) mass is 310 g/mol. The van der Waals surface area contributed by atoms with Gasteiger partial charge in [0.15, 0.2) is 0 Å². The van der Waals surface area contributed by atoms with Crippen LogP contribution in [0.2, 0.25) is 0 Å². The quantitative estimate of drug-likeness (QED) is 0.722. The Morgan fingerprint density at radius 1 is 1.09 bits per heavy atom. The average molecular weight is 310 g/mol. The average Bonchev–Trinajstić information content (AvgIpc) is 3.08. The lowest BCUT2D eigenvalue weighted by atomic mass is 10.2. The normalized spacial score (nSPS) is 10.5. The maximum atomic E-state index is 13.4. The Morgan fingerprint density at radius 3 is 2.70 bits per heavy atom. The lowest BCUT2D eigenvalue weighted by Crippen LogP contribution is -2.30. The zero-order valence-electron chi connectivity index (χ0n) is 12.4. The number of benzene rings is 1. The Bertz CT molecular complexity index is 773. The van der Waals surface area contributed by atoms with E-state index >= 15 is 0 Å². The summed E-state index contributed by atoms with van der Waals surface area (Å²) < 4.78 is 18.7. The van der Waals surface area contributed by atoms with Gasteiger partial charge in [-0.3, -0.25) is 9.78 Å². The number of halogens is 1. The van der Waals surface area contributed by atoms with E-state index in [-0.39, 0.29) is 5.91 Å². The van der Waals surface area contributed by atoms with Gasteiger partial charge >= 0.3 is 0 Å². The van der Waals surface area contributed by atoms with Crippen LogP contribution in [0.3, 0.4) is 0 Å². The van der Waals surface area contributed by atoms with E-state index in [4.69, 9.17) is 4.42 Å². The molecule has 0 radical (unpaired) electrons. The van der Waals surface area contributed by atoms with Crippen molar-refractivity contribution in [1.82, 2.24) is 9.88 Å². The topological polar surface area (TPSA) is 46.3 Å². The van der Waals surface area contributed by atoms with Crippen molar-refractivity contribution >= 4 is 5.91 Å². The predicted molar refractivity (Wildman–Crippen MR) is 82.9 cm³/mol. The molecule has 0 aliphatic carbocycles. The van der Waals surface area contributed by atoms with Crippen LogP contribution in [0.5, 0.6) is 0 Å². The SMILES string of the molecule is O=C(c1cccc(F)c1)N(Cc1ccccn1)Cc1ccco1. The van der Waals surface area contributed by atoms with Crippen molar-refractivity contribution in [3.05, 3.63) is 89.9 Å². The largest absolute Gasteiger partial charge is 0.467 e. The Kier molecular flexibility index (Phi) is 4.47. The Balaban J connectivity index is 1.86. The maximum absolute atomic E-state index is 13.4. The molecule has 0 unspecified atom stereocenters. The highest BCUT2D eigenvalue weighted by Gasteiger charge is 2.18. The van der Waals surface area contributed by atoms with E-state index in [1.54, 1.807) is 35.6 Å². The predicted octanol–water partition coefficient (Wildman–Crippen LogP) is 3.66. The van der Waals surface area contributed by atoms with E-state index in [2.05, 4.69) is 4.98 Å². The van der Waals surface area contributed by atoms with Crippen molar-refractivity contribution in [2.75, 3.05) is 0 Å². The number of rotatable bonds is 5. The number of carbonyl (C=O) groups is 1.